The van der Waals surface area contributed by atoms with Gasteiger partial charge in [0.2, 0.25) is 0 Å². The lowest BCUT2D eigenvalue weighted by molar-refractivity contribution is 0.0780. The third-order valence-corrected chi connectivity index (χ3v) is 5.02. The summed E-state index contributed by atoms with van der Waals surface area (Å²) in [4.78, 5) is 23.3. The second-order valence-corrected chi connectivity index (χ2v) is 7.05. The van der Waals surface area contributed by atoms with Crippen LogP contribution in [-0.2, 0) is 6.54 Å². The highest BCUT2D eigenvalue weighted by Crippen LogP contribution is 2.33. The topological polar surface area (TPSA) is 105 Å². The first-order valence-corrected chi connectivity index (χ1v) is 9.25. The summed E-state index contributed by atoms with van der Waals surface area (Å²) < 4.78 is 19.9. The largest absolute Gasteiger partial charge is 0.467 e. The molecule has 1 aliphatic rings. The number of ether oxygens (including phenoxy) is 1. The van der Waals surface area contributed by atoms with E-state index in [0.29, 0.717) is 33.5 Å². The molecule has 2 bridgehead atoms. The van der Waals surface area contributed by atoms with Crippen molar-refractivity contribution in [2.45, 2.75) is 19.6 Å². The molecule has 0 aliphatic carbocycles. The summed E-state index contributed by atoms with van der Waals surface area (Å²) in [5.41, 5.74) is 8.72. The molecular formula is C22H18FN5O2. The van der Waals surface area contributed by atoms with E-state index in [1.54, 1.807) is 26.1 Å². The van der Waals surface area contributed by atoms with Crippen LogP contribution in [0.15, 0.2) is 42.6 Å². The monoisotopic (exact) mass is 403 g/mol. The lowest BCUT2D eigenvalue weighted by Gasteiger charge is -2.24. The Morgan fingerprint density at radius 1 is 1.33 bits per heavy atom. The number of benzene rings is 2. The van der Waals surface area contributed by atoms with Crippen LogP contribution in [0.5, 0.6) is 5.88 Å². The van der Waals surface area contributed by atoms with Crippen LogP contribution in [0.4, 0.5) is 10.2 Å². The van der Waals surface area contributed by atoms with Crippen LogP contribution in [0.3, 0.4) is 0 Å². The Hall–Kier alpha value is -3.99. The van der Waals surface area contributed by atoms with Crippen molar-refractivity contribution in [1.29, 1.82) is 5.26 Å². The molecule has 3 aromatic rings. The molecule has 30 heavy (non-hydrogen) atoms. The number of carbonyl (C=O) groups is 1. The number of aromatic nitrogens is 2. The molecule has 1 aliphatic heterocycles. The van der Waals surface area contributed by atoms with Crippen molar-refractivity contribution < 1.29 is 13.9 Å². The highest BCUT2D eigenvalue weighted by Gasteiger charge is 2.25. The highest BCUT2D eigenvalue weighted by atomic mass is 19.1. The number of amides is 1. The predicted octanol–water partition coefficient (Wildman–Crippen LogP) is 3.46. The Labute approximate surface area is 172 Å². The minimum atomic E-state index is -0.718. The van der Waals surface area contributed by atoms with Gasteiger partial charge in [-0.15, -0.1) is 0 Å². The fourth-order valence-corrected chi connectivity index (χ4v) is 3.54. The Bertz CT molecular complexity index is 1200. The molecule has 0 radical (unpaired) electrons. The number of nitrogens with two attached hydrogens (primary N) is 1. The van der Waals surface area contributed by atoms with Crippen LogP contribution in [0.25, 0.3) is 11.3 Å². The van der Waals surface area contributed by atoms with Crippen LogP contribution in [0.2, 0.25) is 0 Å². The Kier molecular flexibility index (Phi) is 4.80. The van der Waals surface area contributed by atoms with Gasteiger partial charge in [0.15, 0.2) is 5.82 Å². The molecule has 1 aromatic heterocycles. The number of carbonyl (C=O) groups excluding carboxylic acids is 1. The summed E-state index contributed by atoms with van der Waals surface area (Å²) in [6.07, 6.45) is 0.748. The minimum absolute atomic E-state index is 0.0512. The first-order valence-electron chi connectivity index (χ1n) is 9.25. The molecule has 2 aromatic carbocycles. The van der Waals surface area contributed by atoms with Gasteiger partial charge < -0.3 is 15.4 Å². The number of nitriles is 1. The number of halogens is 1. The van der Waals surface area contributed by atoms with Gasteiger partial charge >= 0.3 is 0 Å². The number of fused-ring (bicyclic) bond motifs is 5. The summed E-state index contributed by atoms with van der Waals surface area (Å²) in [6.45, 7) is 1.90. The van der Waals surface area contributed by atoms with E-state index in [-0.39, 0.29) is 24.1 Å². The van der Waals surface area contributed by atoms with Crippen molar-refractivity contribution in [3.05, 3.63) is 70.7 Å². The molecular weight excluding hydrogens is 385 g/mol. The summed E-state index contributed by atoms with van der Waals surface area (Å²) in [7, 11) is 1.65. The average molecular weight is 403 g/mol. The van der Waals surface area contributed by atoms with Crippen LogP contribution < -0.4 is 10.5 Å². The van der Waals surface area contributed by atoms with Gasteiger partial charge in [-0.25, -0.2) is 14.4 Å². The van der Waals surface area contributed by atoms with Gasteiger partial charge in [-0.1, -0.05) is 12.1 Å². The van der Waals surface area contributed by atoms with E-state index in [1.807, 2.05) is 6.07 Å². The van der Waals surface area contributed by atoms with E-state index in [1.165, 1.54) is 29.3 Å². The molecule has 4 rings (SSSR count). The number of nitrogens with zero attached hydrogens (tertiary/aromatic N) is 4. The van der Waals surface area contributed by atoms with E-state index in [4.69, 9.17) is 10.5 Å². The molecule has 2 heterocycles. The van der Waals surface area contributed by atoms with Crippen LogP contribution >= 0.6 is 0 Å². The van der Waals surface area contributed by atoms with Crippen molar-refractivity contribution >= 4 is 11.7 Å². The molecule has 0 fully saturated rings. The van der Waals surface area contributed by atoms with Crippen molar-refractivity contribution in [2.75, 3.05) is 12.8 Å². The smallest absolute Gasteiger partial charge is 0.258 e. The predicted molar refractivity (Wildman–Crippen MR) is 108 cm³/mol. The van der Waals surface area contributed by atoms with E-state index < -0.39 is 11.9 Å². The van der Waals surface area contributed by atoms with Crippen LogP contribution in [-0.4, -0.2) is 27.8 Å². The third kappa shape index (κ3) is 3.31. The fraction of sp³-hybridized carbons (Fsp3) is 0.182. The first kappa shape index (κ1) is 19.3. The van der Waals surface area contributed by atoms with Crippen molar-refractivity contribution in [3.63, 3.8) is 0 Å². The van der Waals surface area contributed by atoms with Gasteiger partial charge in [-0.3, -0.25) is 4.79 Å². The molecule has 1 atom stereocenters. The highest BCUT2D eigenvalue weighted by molar-refractivity contribution is 5.95. The number of hydrogen-bond acceptors (Lipinski definition) is 6. The molecule has 0 saturated heterocycles. The SMILES string of the molecule is CC1Oc2nc(cnc2N)-c2c(C#N)cccc2CN(C)C(=O)c2ccc(F)cc21. The zero-order valence-electron chi connectivity index (χ0n) is 16.4. The van der Waals surface area contributed by atoms with Gasteiger partial charge in [-0.05, 0) is 36.8 Å². The zero-order valence-corrected chi connectivity index (χ0v) is 16.4. The Morgan fingerprint density at radius 3 is 2.90 bits per heavy atom. The minimum Gasteiger partial charge on any atom is -0.467 e. The third-order valence-electron chi connectivity index (χ3n) is 5.02. The number of anilines is 1. The normalized spacial score (nSPS) is 15.7. The molecule has 8 heteroatoms. The van der Waals surface area contributed by atoms with Crippen molar-refractivity contribution in [2.24, 2.45) is 0 Å². The zero-order chi connectivity index (χ0) is 21.4. The molecule has 150 valence electrons. The second-order valence-electron chi connectivity index (χ2n) is 7.05. The Morgan fingerprint density at radius 2 is 2.13 bits per heavy atom. The van der Waals surface area contributed by atoms with Crippen LogP contribution in [0, 0.1) is 17.1 Å². The summed E-state index contributed by atoms with van der Waals surface area (Å²) in [5.74, 6) is -0.670. The molecule has 1 amide bonds. The molecule has 1 unspecified atom stereocenters. The molecule has 7 nitrogen and oxygen atoms in total. The van der Waals surface area contributed by atoms with Gasteiger partial charge in [0.05, 0.1) is 23.5 Å². The van der Waals surface area contributed by atoms with Gasteiger partial charge in [0, 0.05) is 30.3 Å². The van der Waals surface area contributed by atoms with E-state index in [9.17, 15) is 14.4 Å². The van der Waals surface area contributed by atoms with Gasteiger partial charge in [0.25, 0.3) is 11.8 Å². The standard InChI is InChI=1S/C22H18FN5O2/c1-12-17-8-15(23)6-7-16(17)22(29)28(2)11-14-5-3-4-13(9-24)19(14)18-10-26-20(25)21(27-18)30-12/h3-8,10,12H,11H2,1-2H3,(H2,25,26). The van der Waals surface area contributed by atoms with Gasteiger partial charge in [0.1, 0.15) is 11.9 Å². The summed E-state index contributed by atoms with van der Waals surface area (Å²) >= 11 is 0. The maximum absolute atomic E-state index is 14.0. The molecule has 0 spiro atoms. The van der Waals surface area contributed by atoms with Crippen LogP contribution in [0.1, 0.15) is 40.1 Å². The number of hydrogen-bond donors (Lipinski definition) is 1. The summed E-state index contributed by atoms with van der Waals surface area (Å²) in [5, 5.41) is 9.61. The lowest BCUT2D eigenvalue weighted by Crippen LogP contribution is -2.28. The van der Waals surface area contributed by atoms with Crippen molar-refractivity contribution in [1.82, 2.24) is 14.9 Å². The maximum Gasteiger partial charge on any atom is 0.258 e. The average Bonchev–Trinajstić information content (AvgIpc) is 2.74. The lowest BCUT2D eigenvalue weighted by atomic mass is 9.97. The Balaban J connectivity index is 1.98. The fourth-order valence-electron chi connectivity index (χ4n) is 3.54. The van der Waals surface area contributed by atoms with E-state index in [0.717, 1.165) is 0 Å². The summed E-state index contributed by atoms with van der Waals surface area (Å²) in [6, 6.07) is 11.3. The van der Waals surface area contributed by atoms with Gasteiger partial charge in [-0.2, -0.15) is 5.26 Å². The molecule has 0 saturated carbocycles. The maximum atomic E-state index is 14.0. The second kappa shape index (κ2) is 7.44. The first-order chi connectivity index (χ1) is 14.4. The number of nitrogen functional groups attached to an aromatic ring is 1. The van der Waals surface area contributed by atoms with Crippen molar-refractivity contribution in [3.8, 4) is 23.2 Å². The number of rotatable bonds is 0. The molecule has 2 N–H and O–H groups in total. The van der Waals surface area contributed by atoms with E-state index in [2.05, 4.69) is 16.0 Å². The van der Waals surface area contributed by atoms with E-state index >= 15 is 0 Å². The quantitative estimate of drug-likeness (QED) is 0.616.